The van der Waals surface area contributed by atoms with Gasteiger partial charge in [-0.05, 0) is 6.42 Å². The van der Waals surface area contributed by atoms with Crippen LogP contribution in [0.25, 0.3) is 0 Å². The minimum Gasteiger partial charge on any atom is -0.394 e. The summed E-state index contributed by atoms with van der Waals surface area (Å²) in [6.45, 7) is 0.168. The molecular weight excluding hydrogens is 136 g/mol. The Hall–Kier alpha value is -0.160. The Morgan fingerprint density at radius 3 is 2.60 bits per heavy atom. The maximum absolute atomic E-state index is 9.10. The molecule has 1 rings (SSSR count). The standard InChI is InChI=1S/C6H12O4/c7-3-5-6(9)4(8)1-2-10-5/h4-9H,1-3H2/t4-,5?,6?/m1/s1. The van der Waals surface area contributed by atoms with Crippen LogP contribution in [0.15, 0.2) is 0 Å². The highest BCUT2D eigenvalue weighted by Gasteiger charge is 2.30. The van der Waals surface area contributed by atoms with Gasteiger partial charge in [0.15, 0.2) is 0 Å². The van der Waals surface area contributed by atoms with Crippen LogP contribution < -0.4 is 0 Å². The molecule has 0 bridgehead atoms. The van der Waals surface area contributed by atoms with Crippen LogP contribution >= 0.6 is 0 Å². The number of aliphatic hydroxyl groups is 3. The molecule has 1 aliphatic rings. The second-order valence-corrected chi connectivity index (χ2v) is 2.44. The van der Waals surface area contributed by atoms with E-state index in [0.717, 1.165) is 0 Å². The third kappa shape index (κ3) is 1.46. The third-order valence-electron chi connectivity index (χ3n) is 1.70. The summed E-state index contributed by atoms with van der Waals surface area (Å²) in [6, 6.07) is 0. The Morgan fingerprint density at radius 1 is 1.40 bits per heavy atom. The molecule has 1 aliphatic heterocycles. The molecule has 60 valence electrons. The summed E-state index contributed by atoms with van der Waals surface area (Å²) in [4.78, 5) is 0. The van der Waals surface area contributed by atoms with E-state index >= 15 is 0 Å². The lowest BCUT2D eigenvalue weighted by molar-refractivity contribution is -0.147. The minimum absolute atomic E-state index is 0.238. The maximum Gasteiger partial charge on any atom is 0.109 e. The van der Waals surface area contributed by atoms with Gasteiger partial charge in [-0.2, -0.15) is 0 Å². The van der Waals surface area contributed by atoms with Gasteiger partial charge in [0.2, 0.25) is 0 Å². The fraction of sp³-hybridized carbons (Fsp3) is 1.00. The molecule has 0 saturated carbocycles. The summed E-state index contributed by atoms with van der Waals surface area (Å²) >= 11 is 0. The number of ether oxygens (including phenoxy) is 1. The lowest BCUT2D eigenvalue weighted by atomic mass is 10.0. The molecule has 0 aliphatic carbocycles. The lowest BCUT2D eigenvalue weighted by Crippen LogP contribution is -2.46. The van der Waals surface area contributed by atoms with Gasteiger partial charge in [-0.3, -0.25) is 0 Å². The highest BCUT2D eigenvalue weighted by molar-refractivity contribution is 4.79. The van der Waals surface area contributed by atoms with Crippen LogP contribution in [0, 0.1) is 0 Å². The Balaban J connectivity index is 2.42. The molecule has 1 fully saturated rings. The average Bonchev–Trinajstić information content (AvgIpc) is 1.95. The Kier molecular flexibility index (Phi) is 2.62. The van der Waals surface area contributed by atoms with E-state index in [0.29, 0.717) is 13.0 Å². The van der Waals surface area contributed by atoms with Crippen molar-refractivity contribution in [3.05, 3.63) is 0 Å². The summed E-state index contributed by atoms with van der Waals surface area (Å²) in [5, 5.41) is 26.7. The van der Waals surface area contributed by atoms with Crippen LogP contribution in [0.3, 0.4) is 0 Å². The second kappa shape index (κ2) is 3.30. The fourth-order valence-electron chi connectivity index (χ4n) is 1.02. The Morgan fingerprint density at radius 2 is 2.10 bits per heavy atom. The normalized spacial score (nSPS) is 41.7. The van der Waals surface area contributed by atoms with Crippen LogP contribution in [0.4, 0.5) is 0 Å². The SMILES string of the molecule is OCC1OCC[C@@H](O)C1O. The van der Waals surface area contributed by atoms with Crippen molar-refractivity contribution in [3.63, 3.8) is 0 Å². The molecule has 4 heteroatoms. The van der Waals surface area contributed by atoms with E-state index in [1.54, 1.807) is 0 Å². The second-order valence-electron chi connectivity index (χ2n) is 2.44. The zero-order valence-electron chi connectivity index (χ0n) is 5.60. The zero-order chi connectivity index (χ0) is 7.56. The van der Waals surface area contributed by atoms with Gasteiger partial charge in [-0.15, -0.1) is 0 Å². The van der Waals surface area contributed by atoms with E-state index in [-0.39, 0.29) is 6.61 Å². The average molecular weight is 148 g/mol. The summed E-state index contributed by atoms with van der Waals surface area (Å²) in [5.41, 5.74) is 0. The first-order valence-electron chi connectivity index (χ1n) is 3.34. The van der Waals surface area contributed by atoms with Crippen molar-refractivity contribution in [2.24, 2.45) is 0 Å². The molecule has 1 saturated heterocycles. The zero-order valence-corrected chi connectivity index (χ0v) is 5.60. The van der Waals surface area contributed by atoms with Gasteiger partial charge in [-0.25, -0.2) is 0 Å². The highest BCUT2D eigenvalue weighted by Crippen LogP contribution is 2.13. The molecule has 0 aromatic carbocycles. The molecule has 0 amide bonds. The van der Waals surface area contributed by atoms with Crippen molar-refractivity contribution < 1.29 is 20.1 Å². The van der Waals surface area contributed by atoms with Crippen LogP contribution in [0.1, 0.15) is 6.42 Å². The minimum atomic E-state index is -0.932. The first kappa shape index (κ1) is 7.94. The van der Waals surface area contributed by atoms with Crippen molar-refractivity contribution in [3.8, 4) is 0 Å². The molecule has 10 heavy (non-hydrogen) atoms. The van der Waals surface area contributed by atoms with Gasteiger partial charge in [0.1, 0.15) is 12.2 Å². The molecule has 0 spiro atoms. The first-order chi connectivity index (χ1) is 4.75. The Labute approximate surface area is 59.1 Å². The third-order valence-corrected chi connectivity index (χ3v) is 1.70. The van der Waals surface area contributed by atoms with E-state index in [9.17, 15) is 0 Å². The van der Waals surface area contributed by atoms with Gasteiger partial charge in [0.25, 0.3) is 0 Å². The van der Waals surface area contributed by atoms with Gasteiger partial charge >= 0.3 is 0 Å². The lowest BCUT2D eigenvalue weighted by Gasteiger charge is -2.30. The van der Waals surface area contributed by atoms with E-state index in [2.05, 4.69) is 0 Å². The van der Waals surface area contributed by atoms with Gasteiger partial charge in [-0.1, -0.05) is 0 Å². The number of hydrogen-bond donors (Lipinski definition) is 3. The summed E-state index contributed by atoms with van der Waals surface area (Å²) in [6.07, 6.45) is -1.84. The topological polar surface area (TPSA) is 69.9 Å². The molecule has 0 radical (unpaired) electrons. The summed E-state index contributed by atoms with van der Waals surface area (Å²) < 4.78 is 4.95. The van der Waals surface area contributed by atoms with Crippen molar-refractivity contribution in [1.29, 1.82) is 0 Å². The predicted molar refractivity (Wildman–Crippen MR) is 33.5 cm³/mol. The predicted octanol–water partition coefficient (Wildman–Crippen LogP) is -1.51. The number of aliphatic hydroxyl groups excluding tert-OH is 3. The van der Waals surface area contributed by atoms with Crippen molar-refractivity contribution in [2.75, 3.05) is 13.2 Å². The molecule has 4 nitrogen and oxygen atoms in total. The smallest absolute Gasteiger partial charge is 0.109 e. The molecular formula is C6H12O4. The molecule has 3 atom stereocenters. The summed E-state index contributed by atoms with van der Waals surface area (Å²) in [5.74, 6) is 0. The van der Waals surface area contributed by atoms with Gasteiger partial charge < -0.3 is 20.1 Å². The number of hydrogen-bond acceptors (Lipinski definition) is 4. The molecule has 2 unspecified atom stereocenters. The van der Waals surface area contributed by atoms with Crippen LogP contribution in [-0.2, 0) is 4.74 Å². The molecule has 0 aromatic rings. The molecule has 1 heterocycles. The van der Waals surface area contributed by atoms with E-state index in [1.165, 1.54) is 0 Å². The first-order valence-corrected chi connectivity index (χ1v) is 3.34. The van der Waals surface area contributed by atoms with E-state index in [4.69, 9.17) is 20.1 Å². The molecule has 0 aromatic heterocycles. The maximum atomic E-state index is 9.10. The van der Waals surface area contributed by atoms with Crippen LogP contribution in [-0.4, -0.2) is 46.8 Å². The molecule has 3 N–H and O–H groups in total. The van der Waals surface area contributed by atoms with E-state index in [1.807, 2.05) is 0 Å². The highest BCUT2D eigenvalue weighted by atomic mass is 16.5. The quantitative estimate of drug-likeness (QED) is 0.423. The van der Waals surface area contributed by atoms with Crippen LogP contribution in [0.5, 0.6) is 0 Å². The summed E-state index contributed by atoms with van der Waals surface area (Å²) in [7, 11) is 0. The van der Waals surface area contributed by atoms with Crippen LogP contribution in [0.2, 0.25) is 0 Å². The van der Waals surface area contributed by atoms with Gasteiger partial charge in [0.05, 0.1) is 12.7 Å². The largest absolute Gasteiger partial charge is 0.394 e. The van der Waals surface area contributed by atoms with E-state index < -0.39 is 18.3 Å². The fourth-order valence-corrected chi connectivity index (χ4v) is 1.02. The van der Waals surface area contributed by atoms with Gasteiger partial charge in [0, 0.05) is 6.61 Å². The Bertz CT molecular complexity index is 106. The van der Waals surface area contributed by atoms with Crippen molar-refractivity contribution in [2.45, 2.75) is 24.7 Å². The van der Waals surface area contributed by atoms with Crippen molar-refractivity contribution >= 4 is 0 Å². The van der Waals surface area contributed by atoms with Crippen molar-refractivity contribution in [1.82, 2.24) is 0 Å². The number of rotatable bonds is 1. The monoisotopic (exact) mass is 148 g/mol.